The predicted octanol–water partition coefficient (Wildman–Crippen LogP) is -0.0474. The summed E-state index contributed by atoms with van der Waals surface area (Å²) < 4.78 is 30.8. The zero-order valence-corrected chi connectivity index (χ0v) is 12.7. The molecule has 0 bridgehead atoms. The third-order valence-corrected chi connectivity index (χ3v) is 4.07. The van der Waals surface area contributed by atoms with Gasteiger partial charge in [-0.15, -0.1) is 0 Å². The molecule has 1 rings (SSSR count). The van der Waals surface area contributed by atoms with E-state index >= 15 is 0 Å². The summed E-state index contributed by atoms with van der Waals surface area (Å²) in [5.74, 6) is -1.08. The highest BCUT2D eigenvalue weighted by atomic mass is 32.2. The van der Waals surface area contributed by atoms with Crippen molar-refractivity contribution in [3.63, 3.8) is 0 Å². The predicted molar refractivity (Wildman–Crippen MR) is 76.0 cm³/mol. The average Bonchev–Trinajstić information content (AvgIpc) is 2.45. The van der Waals surface area contributed by atoms with E-state index in [0.29, 0.717) is 0 Å². The first-order chi connectivity index (χ1) is 9.85. The number of likely N-dealkylation sites (N-methyl/N-ethyl adjacent to an activating group) is 1. The van der Waals surface area contributed by atoms with Gasteiger partial charge in [-0.05, 0) is 19.1 Å². The Balaban J connectivity index is 2.42. The molecule has 0 aromatic heterocycles. The highest BCUT2D eigenvalue weighted by Crippen LogP contribution is 2.09. The number of amides is 1. The second kappa shape index (κ2) is 7.75. The lowest BCUT2D eigenvalue weighted by Gasteiger charge is -2.07. The fraction of sp³-hybridized carbons (Fsp3) is 0.385. The molecule has 2 N–H and O–H groups in total. The van der Waals surface area contributed by atoms with Crippen molar-refractivity contribution in [1.29, 1.82) is 0 Å². The first kappa shape index (κ1) is 17.1. The van der Waals surface area contributed by atoms with E-state index in [4.69, 9.17) is 0 Å². The minimum absolute atomic E-state index is 0.0945. The van der Waals surface area contributed by atoms with Gasteiger partial charge in [0.15, 0.2) is 6.61 Å². The van der Waals surface area contributed by atoms with Gasteiger partial charge in [-0.1, -0.05) is 17.7 Å². The first-order valence-corrected chi connectivity index (χ1v) is 7.76. The number of carbonyl (C=O) groups excluding carboxylic acids is 2. The molecule has 1 amide bonds. The van der Waals surface area contributed by atoms with E-state index < -0.39 is 21.9 Å². The Morgan fingerprint density at radius 3 is 2.38 bits per heavy atom. The molecule has 0 spiro atoms. The summed E-state index contributed by atoms with van der Waals surface area (Å²) in [6, 6.07) is 6.35. The van der Waals surface area contributed by atoms with Crippen LogP contribution in [0.5, 0.6) is 0 Å². The molecule has 0 aliphatic rings. The summed E-state index contributed by atoms with van der Waals surface area (Å²) in [7, 11) is -2.22. The van der Waals surface area contributed by atoms with Crippen LogP contribution >= 0.6 is 0 Å². The molecule has 1 aromatic rings. The van der Waals surface area contributed by atoms with Crippen molar-refractivity contribution in [1.82, 2.24) is 10.0 Å². The van der Waals surface area contributed by atoms with Crippen LogP contribution in [0.25, 0.3) is 0 Å². The molecule has 0 saturated carbocycles. The number of benzene rings is 1. The van der Waals surface area contributed by atoms with E-state index in [1.54, 1.807) is 12.1 Å². The number of esters is 1. The van der Waals surface area contributed by atoms with Gasteiger partial charge in [0, 0.05) is 13.6 Å². The van der Waals surface area contributed by atoms with E-state index in [1.165, 1.54) is 19.2 Å². The number of rotatable bonds is 7. The second-order valence-corrected chi connectivity index (χ2v) is 6.06. The molecule has 116 valence electrons. The summed E-state index contributed by atoms with van der Waals surface area (Å²) in [5.41, 5.74) is 0.951. The number of sulfonamides is 1. The van der Waals surface area contributed by atoms with Crippen molar-refractivity contribution in [2.45, 2.75) is 18.2 Å². The summed E-state index contributed by atoms with van der Waals surface area (Å²) in [6.45, 7) is 1.38. The quantitative estimate of drug-likeness (QED) is 0.687. The number of hydrogen-bond acceptors (Lipinski definition) is 5. The van der Waals surface area contributed by atoms with Crippen LogP contribution in [0.4, 0.5) is 0 Å². The molecule has 8 heteroatoms. The lowest BCUT2D eigenvalue weighted by molar-refractivity contribution is -0.148. The van der Waals surface area contributed by atoms with Crippen LogP contribution in [0.1, 0.15) is 12.0 Å². The molecule has 0 atom stereocenters. The van der Waals surface area contributed by atoms with E-state index in [2.05, 4.69) is 14.8 Å². The van der Waals surface area contributed by atoms with Crippen molar-refractivity contribution in [3.8, 4) is 0 Å². The highest BCUT2D eigenvalue weighted by molar-refractivity contribution is 7.89. The lowest BCUT2D eigenvalue weighted by Crippen LogP contribution is -2.28. The van der Waals surface area contributed by atoms with E-state index in [-0.39, 0.29) is 24.5 Å². The molecule has 7 nitrogen and oxygen atoms in total. The maximum absolute atomic E-state index is 11.9. The summed E-state index contributed by atoms with van der Waals surface area (Å²) in [5, 5.41) is 2.30. The monoisotopic (exact) mass is 314 g/mol. The maximum atomic E-state index is 11.9. The van der Waals surface area contributed by atoms with Crippen molar-refractivity contribution >= 4 is 21.9 Å². The number of hydrogen-bond donors (Lipinski definition) is 2. The molecule has 0 saturated heterocycles. The van der Waals surface area contributed by atoms with Crippen LogP contribution in [-0.2, 0) is 24.3 Å². The zero-order valence-electron chi connectivity index (χ0n) is 11.9. The van der Waals surface area contributed by atoms with E-state index in [9.17, 15) is 18.0 Å². The lowest BCUT2D eigenvalue weighted by atomic mass is 10.2. The van der Waals surface area contributed by atoms with Crippen LogP contribution in [0.3, 0.4) is 0 Å². The van der Waals surface area contributed by atoms with Gasteiger partial charge in [0.2, 0.25) is 10.0 Å². The fourth-order valence-corrected chi connectivity index (χ4v) is 2.41. The van der Waals surface area contributed by atoms with Gasteiger partial charge in [-0.3, -0.25) is 9.59 Å². The first-order valence-electron chi connectivity index (χ1n) is 6.27. The van der Waals surface area contributed by atoms with Crippen LogP contribution in [0.15, 0.2) is 29.2 Å². The zero-order chi connectivity index (χ0) is 15.9. The largest absolute Gasteiger partial charge is 0.456 e. The topological polar surface area (TPSA) is 102 Å². The van der Waals surface area contributed by atoms with Gasteiger partial charge in [0.05, 0.1) is 11.3 Å². The molecule has 0 unspecified atom stereocenters. The standard InChI is InChI=1S/C13H18N2O5S/c1-10-3-5-11(6-4-10)21(18,19)15-8-7-13(17)20-9-12(16)14-2/h3-6,15H,7-9H2,1-2H3,(H,14,16). The number of nitrogens with one attached hydrogen (secondary N) is 2. The van der Waals surface area contributed by atoms with Gasteiger partial charge in [0.1, 0.15) is 0 Å². The molecule has 0 heterocycles. The van der Waals surface area contributed by atoms with Crippen molar-refractivity contribution < 1.29 is 22.7 Å². The summed E-state index contributed by atoms with van der Waals surface area (Å²) >= 11 is 0. The number of aryl methyl sites for hydroxylation is 1. The Kier molecular flexibility index (Phi) is 6.32. The second-order valence-electron chi connectivity index (χ2n) is 4.29. The molecule has 0 aliphatic heterocycles. The average molecular weight is 314 g/mol. The maximum Gasteiger partial charge on any atom is 0.307 e. The Morgan fingerprint density at radius 2 is 1.81 bits per heavy atom. The van der Waals surface area contributed by atoms with Gasteiger partial charge < -0.3 is 10.1 Å². The normalized spacial score (nSPS) is 11.0. The number of carbonyl (C=O) groups is 2. The Bertz CT molecular complexity index is 595. The molecular formula is C13H18N2O5S. The Morgan fingerprint density at radius 1 is 1.19 bits per heavy atom. The van der Waals surface area contributed by atoms with Crippen molar-refractivity contribution in [3.05, 3.63) is 29.8 Å². The third kappa shape index (κ3) is 5.92. The minimum Gasteiger partial charge on any atom is -0.456 e. The molecule has 21 heavy (non-hydrogen) atoms. The van der Waals surface area contributed by atoms with Gasteiger partial charge >= 0.3 is 5.97 Å². The molecular weight excluding hydrogens is 296 g/mol. The molecule has 0 aliphatic carbocycles. The molecule has 1 aromatic carbocycles. The van der Waals surface area contributed by atoms with Crippen molar-refractivity contribution in [2.24, 2.45) is 0 Å². The summed E-state index contributed by atoms with van der Waals surface area (Å²) in [4.78, 5) is 22.3. The van der Waals surface area contributed by atoms with Gasteiger partial charge in [-0.25, -0.2) is 13.1 Å². The van der Waals surface area contributed by atoms with Gasteiger partial charge in [-0.2, -0.15) is 0 Å². The Hall–Kier alpha value is -1.93. The SMILES string of the molecule is CNC(=O)COC(=O)CCNS(=O)(=O)c1ccc(C)cc1. The molecule has 0 fully saturated rings. The van der Waals surface area contributed by atoms with Crippen molar-refractivity contribution in [2.75, 3.05) is 20.2 Å². The summed E-state index contributed by atoms with van der Waals surface area (Å²) in [6.07, 6.45) is -0.151. The van der Waals surface area contributed by atoms with Crippen LogP contribution < -0.4 is 10.0 Å². The van der Waals surface area contributed by atoms with Gasteiger partial charge in [0.25, 0.3) is 5.91 Å². The highest BCUT2D eigenvalue weighted by Gasteiger charge is 2.14. The fourth-order valence-electron chi connectivity index (χ4n) is 1.38. The minimum atomic E-state index is -3.65. The molecule has 0 radical (unpaired) electrons. The Labute approximate surface area is 123 Å². The van der Waals surface area contributed by atoms with Crippen LogP contribution in [0.2, 0.25) is 0 Å². The smallest absolute Gasteiger partial charge is 0.307 e. The third-order valence-electron chi connectivity index (χ3n) is 2.60. The van der Waals surface area contributed by atoms with Crippen LogP contribution in [-0.4, -0.2) is 40.5 Å². The van der Waals surface area contributed by atoms with Crippen LogP contribution in [0, 0.1) is 6.92 Å². The van der Waals surface area contributed by atoms with E-state index in [0.717, 1.165) is 5.56 Å². The number of ether oxygens (including phenoxy) is 1. The van der Waals surface area contributed by atoms with E-state index in [1.807, 2.05) is 6.92 Å².